The van der Waals surface area contributed by atoms with Crippen LogP contribution in [-0.4, -0.2) is 24.1 Å². The molecule has 4 heterocycles. The first kappa shape index (κ1) is 26.4. The molecule has 0 spiro atoms. The maximum Gasteiger partial charge on any atom is 0.421 e. The van der Waals surface area contributed by atoms with E-state index < -0.39 is 17.3 Å². The summed E-state index contributed by atoms with van der Waals surface area (Å²) in [7, 11) is 1.95. The van der Waals surface area contributed by atoms with Crippen LogP contribution in [0.25, 0.3) is 22.3 Å². The van der Waals surface area contributed by atoms with Crippen LogP contribution in [0.15, 0.2) is 65.8 Å². The number of ether oxygens (including phenoxy) is 1. The molecule has 5 aromatic rings. The zero-order valence-corrected chi connectivity index (χ0v) is 22.0. The van der Waals surface area contributed by atoms with Gasteiger partial charge in [0.15, 0.2) is 0 Å². The van der Waals surface area contributed by atoms with Crippen LogP contribution >= 0.6 is 11.6 Å². The maximum atomic E-state index is 13.3. The van der Waals surface area contributed by atoms with E-state index in [1.165, 1.54) is 18.5 Å². The van der Waals surface area contributed by atoms with E-state index in [1.54, 1.807) is 18.3 Å². The monoisotopic (exact) mass is 553 g/mol. The second kappa shape index (κ2) is 10.2. The summed E-state index contributed by atoms with van der Waals surface area (Å²) >= 11 is 6.46. The van der Waals surface area contributed by atoms with E-state index in [0.29, 0.717) is 27.5 Å². The number of halogens is 4. The molecule has 0 fully saturated rings. The molecule has 0 amide bonds. The highest BCUT2D eigenvalue weighted by Gasteiger charge is 2.34. The minimum atomic E-state index is -4.76. The summed E-state index contributed by atoms with van der Waals surface area (Å²) in [4.78, 5) is 26.0. The standard InChI is InChI=1S/C28H23ClF3N5O2/c1-16-12-19(26-34-13-17(2)36(26)3)18-6-4-8-24(25(18)35-16)39-15-20-22(29)9-10-33-23(20)14-37-11-5-7-21(27(37)38)28(30,31)32/h4-13H,14-15H2,1-3H3. The first-order valence-corrected chi connectivity index (χ1v) is 12.3. The van der Waals surface area contributed by atoms with Gasteiger partial charge in [-0.1, -0.05) is 23.7 Å². The fourth-order valence-electron chi connectivity index (χ4n) is 4.38. The van der Waals surface area contributed by atoms with Gasteiger partial charge in [-0.3, -0.25) is 9.78 Å². The van der Waals surface area contributed by atoms with Crippen molar-refractivity contribution in [2.24, 2.45) is 7.05 Å². The molecule has 200 valence electrons. The zero-order chi connectivity index (χ0) is 27.9. The van der Waals surface area contributed by atoms with Crippen molar-refractivity contribution in [3.8, 4) is 17.1 Å². The third-order valence-corrected chi connectivity index (χ3v) is 6.85. The number of pyridine rings is 3. The fraction of sp³-hybridized carbons (Fsp3) is 0.214. The maximum absolute atomic E-state index is 13.3. The molecule has 0 atom stereocenters. The van der Waals surface area contributed by atoms with Gasteiger partial charge in [0.2, 0.25) is 0 Å². The Morgan fingerprint density at radius 1 is 1.08 bits per heavy atom. The quantitative estimate of drug-likeness (QED) is 0.254. The second-order valence-electron chi connectivity index (χ2n) is 9.11. The molecule has 1 aromatic carbocycles. The Balaban J connectivity index is 1.50. The molecule has 0 aliphatic heterocycles. The molecule has 0 radical (unpaired) electrons. The molecule has 0 aliphatic carbocycles. The summed E-state index contributed by atoms with van der Waals surface area (Å²) in [6, 6.07) is 11.0. The molecule has 0 unspecified atom stereocenters. The third kappa shape index (κ3) is 5.12. The molecule has 4 aromatic heterocycles. The lowest BCUT2D eigenvalue weighted by atomic mass is 10.1. The topological polar surface area (TPSA) is 74.8 Å². The van der Waals surface area contributed by atoms with Crippen molar-refractivity contribution >= 4 is 22.5 Å². The van der Waals surface area contributed by atoms with E-state index in [0.717, 1.165) is 38.8 Å². The number of imidazole rings is 1. The van der Waals surface area contributed by atoms with Crippen molar-refractivity contribution in [3.63, 3.8) is 0 Å². The number of benzene rings is 1. The Morgan fingerprint density at radius 3 is 2.59 bits per heavy atom. The van der Waals surface area contributed by atoms with Crippen LogP contribution in [0, 0.1) is 13.8 Å². The van der Waals surface area contributed by atoms with Gasteiger partial charge in [0.1, 0.15) is 29.3 Å². The minimum Gasteiger partial charge on any atom is -0.486 e. The van der Waals surface area contributed by atoms with Gasteiger partial charge in [-0.15, -0.1) is 0 Å². The second-order valence-corrected chi connectivity index (χ2v) is 9.51. The molecular weight excluding hydrogens is 531 g/mol. The molecule has 0 N–H and O–H groups in total. The number of fused-ring (bicyclic) bond motifs is 1. The van der Waals surface area contributed by atoms with Gasteiger partial charge in [-0.2, -0.15) is 13.2 Å². The lowest BCUT2D eigenvalue weighted by Crippen LogP contribution is -2.28. The van der Waals surface area contributed by atoms with E-state index in [9.17, 15) is 18.0 Å². The lowest BCUT2D eigenvalue weighted by Gasteiger charge is -2.16. The summed E-state index contributed by atoms with van der Waals surface area (Å²) in [5.74, 6) is 1.29. The average molecular weight is 554 g/mol. The predicted octanol–water partition coefficient (Wildman–Crippen LogP) is 6.11. The van der Waals surface area contributed by atoms with Crippen molar-refractivity contribution < 1.29 is 17.9 Å². The average Bonchev–Trinajstić information content (AvgIpc) is 3.21. The van der Waals surface area contributed by atoms with Crippen molar-refractivity contribution in [3.05, 3.63) is 105 Å². The SMILES string of the molecule is Cc1cc(-c2ncc(C)n2C)c2cccc(OCc3c(Cl)ccnc3Cn3cccc(C(F)(F)F)c3=O)c2n1. The molecule has 11 heteroatoms. The Labute approximate surface area is 226 Å². The number of para-hydroxylation sites is 1. The number of hydrogen-bond acceptors (Lipinski definition) is 5. The molecule has 0 bridgehead atoms. The van der Waals surface area contributed by atoms with Crippen LogP contribution in [0.2, 0.25) is 5.02 Å². The van der Waals surface area contributed by atoms with Crippen molar-refractivity contribution in [1.82, 2.24) is 24.1 Å². The summed E-state index contributed by atoms with van der Waals surface area (Å²) in [6.07, 6.45) is -0.245. The summed E-state index contributed by atoms with van der Waals surface area (Å²) in [5, 5.41) is 1.16. The molecule has 39 heavy (non-hydrogen) atoms. The number of hydrogen-bond donors (Lipinski definition) is 0. The van der Waals surface area contributed by atoms with E-state index in [-0.39, 0.29) is 13.2 Å². The van der Waals surface area contributed by atoms with Crippen molar-refractivity contribution in [1.29, 1.82) is 0 Å². The van der Waals surface area contributed by atoms with Crippen molar-refractivity contribution in [2.45, 2.75) is 33.2 Å². The summed E-state index contributed by atoms with van der Waals surface area (Å²) in [5.41, 5.74) is 1.68. The van der Waals surface area contributed by atoms with Gasteiger partial charge in [0, 0.05) is 53.5 Å². The summed E-state index contributed by atoms with van der Waals surface area (Å²) in [6.45, 7) is 3.61. The van der Waals surface area contributed by atoms with Crippen LogP contribution in [0.4, 0.5) is 13.2 Å². The van der Waals surface area contributed by atoms with Crippen molar-refractivity contribution in [2.75, 3.05) is 0 Å². The number of aromatic nitrogens is 5. The number of rotatable bonds is 6. The van der Waals surface area contributed by atoms with Gasteiger partial charge in [0.25, 0.3) is 5.56 Å². The van der Waals surface area contributed by atoms with E-state index >= 15 is 0 Å². The molecular formula is C28H23ClF3N5O2. The highest BCUT2D eigenvalue weighted by atomic mass is 35.5. The third-order valence-electron chi connectivity index (χ3n) is 6.50. The highest BCUT2D eigenvalue weighted by Crippen LogP contribution is 2.34. The van der Waals surface area contributed by atoms with Gasteiger partial charge >= 0.3 is 6.18 Å². The first-order valence-electron chi connectivity index (χ1n) is 12.0. The highest BCUT2D eigenvalue weighted by molar-refractivity contribution is 6.31. The van der Waals surface area contributed by atoms with Crippen LogP contribution in [0.1, 0.15) is 28.2 Å². The Morgan fingerprint density at radius 2 is 1.87 bits per heavy atom. The van der Waals surface area contributed by atoms with Gasteiger partial charge < -0.3 is 13.9 Å². The molecule has 5 rings (SSSR count). The van der Waals surface area contributed by atoms with Gasteiger partial charge in [-0.25, -0.2) is 9.97 Å². The summed E-state index contributed by atoms with van der Waals surface area (Å²) < 4.78 is 48.9. The molecule has 0 saturated heterocycles. The van der Waals surface area contributed by atoms with E-state index in [1.807, 2.05) is 43.7 Å². The van der Waals surface area contributed by atoms with Crippen LogP contribution in [0.3, 0.4) is 0 Å². The number of aryl methyl sites for hydroxylation is 2. The van der Waals surface area contributed by atoms with Crippen LogP contribution < -0.4 is 10.3 Å². The Kier molecular flexibility index (Phi) is 6.90. The lowest BCUT2D eigenvalue weighted by molar-refractivity contribution is -0.138. The smallest absolute Gasteiger partial charge is 0.421 e. The van der Waals surface area contributed by atoms with Gasteiger partial charge in [-0.05, 0) is 44.2 Å². The number of nitrogens with zero attached hydrogens (tertiary/aromatic N) is 5. The predicted molar refractivity (Wildman–Crippen MR) is 142 cm³/mol. The normalized spacial score (nSPS) is 11.8. The fourth-order valence-corrected chi connectivity index (χ4v) is 4.60. The molecule has 0 saturated carbocycles. The number of alkyl halides is 3. The Bertz CT molecular complexity index is 1760. The minimum absolute atomic E-state index is 0.0404. The molecule has 7 nitrogen and oxygen atoms in total. The van der Waals surface area contributed by atoms with Gasteiger partial charge in [0.05, 0.1) is 17.3 Å². The van der Waals surface area contributed by atoms with Crippen LogP contribution in [0.5, 0.6) is 5.75 Å². The van der Waals surface area contributed by atoms with E-state index in [4.69, 9.17) is 21.3 Å². The zero-order valence-electron chi connectivity index (χ0n) is 21.3. The van der Waals surface area contributed by atoms with E-state index in [2.05, 4.69) is 9.97 Å². The molecule has 0 aliphatic rings. The Hall–Kier alpha value is -4.18. The van der Waals surface area contributed by atoms with Crippen LogP contribution in [-0.2, 0) is 26.4 Å². The first-order chi connectivity index (χ1) is 18.5. The largest absolute Gasteiger partial charge is 0.486 e.